The van der Waals surface area contributed by atoms with Crippen molar-refractivity contribution in [2.45, 2.75) is 38.0 Å². The molecule has 0 spiro atoms. The summed E-state index contributed by atoms with van der Waals surface area (Å²) in [5, 5.41) is 4.77. The molecule has 0 fully saturated rings. The van der Waals surface area contributed by atoms with E-state index >= 15 is 0 Å². The van der Waals surface area contributed by atoms with Gasteiger partial charge in [-0.1, -0.05) is 30.3 Å². The molecule has 2 aromatic carbocycles. The fourth-order valence-corrected chi connectivity index (χ4v) is 2.96. The van der Waals surface area contributed by atoms with Crippen LogP contribution in [-0.4, -0.2) is 29.8 Å². The van der Waals surface area contributed by atoms with E-state index in [0.29, 0.717) is 5.56 Å². The van der Waals surface area contributed by atoms with E-state index in [2.05, 4.69) is 10.6 Å². The summed E-state index contributed by atoms with van der Waals surface area (Å²) in [6.45, 7) is 1.18. The lowest BCUT2D eigenvalue weighted by atomic mass is 10.0. The molecule has 0 radical (unpaired) electrons. The van der Waals surface area contributed by atoms with Gasteiger partial charge in [-0.2, -0.15) is 13.2 Å². The number of carbonyl (C=O) groups is 3. The average Bonchev–Trinajstić information content (AvgIpc) is 2.66. The highest BCUT2D eigenvalue weighted by Crippen LogP contribution is 2.29. The number of benzene rings is 2. The number of hydrogen-bond acceptors (Lipinski definition) is 3. The Kier molecular flexibility index (Phi) is 7.73. The van der Waals surface area contributed by atoms with Gasteiger partial charge < -0.3 is 16.4 Å². The smallest absolute Gasteiger partial charge is 0.368 e. The highest BCUT2D eigenvalue weighted by molar-refractivity contribution is 5.91. The molecule has 10 heteroatoms. The minimum absolute atomic E-state index is 0.0712. The standard InChI is InChI=1S/C21H21F4N3O3/c1-12(29)27-18(11-14-5-3-7-16(22)9-14)20(31)28-17(19(26)30)10-13-4-2-6-15(8-13)21(23,24)25/h2-9,17-18H,10-11H2,1H3,(H2,26,30)(H,27,29)(H,28,31)/t17-,18+/m1/s1. The number of halogens is 4. The molecule has 166 valence electrons. The zero-order chi connectivity index (χ0) is 23.2. The molecule has 0 aliphatic carbocycles. The zero-order valence-electron chi connectivity index (χ0n) is 16.5. The van der Waals surface area contributed by atoms with E-state index in [1.807, 2.05) is 0 Å². The van der Waals surface area contributed by atoms with Crippen LogP contribution in [0.15, 0.2) is 48.5 Å². The molecule has 6 nitrogen and oxygen atoms in total. The summed E-state index contributed by atoms with van der Waals surface area (Å²) in [7, 11) is 0. The van der Waals surface area contributed by atoms with E-state index in [4.69, 9.17) is 5.73 Å². The molecule has 0 heterocycles. The summed E-state index contributed by atoms with van der Waals surface area (Å²) in [5.41, 5.74) is 4.97. The number of alkyl halides is 3. The molecule has 0 aliphatic rings. The Labute approximate surface area is 175 Å². The van der Waals surface area contributed by atoms with E-state index < -0.39 is 47.4 Å². The van der Waals surface area contributed by atoms with Crippen molar-refractivity contribution in [1.29, 1.82) is 0 Å². The molecule has 0 unspecified atom stereocenters. The first-order valence-corrected chi connectivity index (χ1v) is 9.23. The van der Waals surface area contributed by atoms with Gasteiger partial charge in [-0.3, -0.25) is 14.4 Å². The van der Waals surface area contributed by atoms with Crippen molar-refractivity contribution in [1.82, 2.24) is 10.6 Å². The van der Waals surface area contributed by atoms with E-state index in [-0.39, 0.29) is 18.4 Å². The molecular weight excluding hydrogens is 418 g/mol. The van der Waals surface area contributed by atoms with Gasteiger partial charge in [0.05, 0.1) is 5.56 Å². The van der Waals surface area contributed by atoms with Gasteiger partial charge in [-0.25, -0.2) is 4.39 Å². The van der Waals surface area contributed by atoms with Crippen molar-refractivity contribution in [3.8, 4) is 0 Å². The minimum Gasteiger partial charge on any atom is -0.368 e. The summed E-state index contributed by atoms with van der Waals surface area (Å²) in [5.74, 6) is -2.81. The van der Waals surface area contributed by atoms with Crippen molar-refractivity contribution in [2.75, 3.05) is 0 Å². The Morgan fingerprint density at radius 1 is 0.935 bits per heavy atom. The van der Waals surface area contributed by atoms with Crippen LogP contribution in [0.2, 0.25) is 0 Å². The first-order valence-electron chi connectivity index (χ1n) is 9.23. The van der Waals surface area contributed by atoms with Crippen molar-refractivity contribution in [3.05, 3.63) is 71.0 Å². The van der Waals surface area contributed by atoms with Crippen molar-refractivity contribution in [3.63, 3.8) is 0 Å². The van der Waals surface area contributed by atoms with Gasteiger partial charge >= 0.3 is 6.18 Å². The second kappa shape index (κ2) is 10.1. The second-order valence-electron chi connectivity index (χ2n) is 6.95. The highest BCUT2D eigenvalue weighted by Gasteiger charge is 2.31. The number of primary amides is 1. The lowest BCUT2D eigenvalue weighted by Gasteiger charge is -2.22. The van der Waals surface area contributed by atoms with Crippen molar-refractivity contribution in [2.24, 2.45) is 5.73 Å². The molecule has 2 atom stereocenters. The molecule has 4 N–H and O–H groups in total. The van der Waals surface area contributed by atoms with Crippen LogP contribution >= 0.6 is 0 Å². The maximum atomic E-state index is 13.4. The Morgan fingerprint density at radius 2 is 1.52 bits per heavy atom. The fourth-order valence-electron chi connectivity index (χ4n) is 2.96. The van der Waals surface area contributed by atoms with Crippen LogP contribution in [0.5, 0.6) is 0 Å². The van der Waals surface area contributed by atoms with Gasteiger partial charge in [0.2, 0.25) is 17.7 Å². The quantitative estimate of drug-likeness (QED) is 0.549. The van der Waals surface area contributed by atoms with Crippen LogP contribution in [0.1, 0.15) is 23.6 Å². The number of carbonyl (C=O) groups excluding carboxylic acids is 3. The molecular formula is C21H21F4N3O3. The van der Waals surface area contributed by atoms with Crippen LogP contribution in [-0.2, 0) is 33.4 Å². The van der Waals surface area contributed by atoms with Gasteiger partial charge in [0.1, 0.15) is 17.9 Å². The van der Waals surface area contributed by atoms with Crippen LogP contribution in [0.25, 0.3) is 0 Å². The van der Waals surface area contributed by atoms with E-state index in [9.17, 15) is 31.9 Å². The zero-order valence-corrected chi connectivity index (χ0v) is 16.5. The topological polar surface area (TPSA) is 101 Å². The van der Waals surface area contributed by atoms with Crippen LogP contribution in [0.3, 0.4) is 0 Å². The summed E-state index contributed by atoms with van der Waals surface area (Å²) < 4.78 is 52.2. The predicted molar refractivity (Wildman–Crippen MR) is 104 cm³/mol. The van der Waals surface area contributed by atoms with Gasteiger partial charge in [0.15, 0.2) is 0 Å². The number of amides is 3. The van der Waals surface area contributed by atoms with E-state index in [1.54, 1.807) is 6.07 Å². The molecule has 0 saturated carbocycles. The third-order valence-electron chi connectivity index (χ3n) is 4.38. The Hall–Kier alpha value is -3.43. The van der Waals surface area contributed by atoms with Gasteiger partial charge in [-0.05, 0) is 29.3 Å². The average molecular weight is 439 g/mol. The van der Waals surface area contributed by atoms with Crippen molar-refractivity contribution >= 4 is 17.7 Å². The van der Waals surface area contributed by atoms with Gasteiger partial charge in [0.25, 0.3) is 0 Å². The number of hydrogen-bond donors (Lipinski definition) is 3. The first-order chi connectivity index (χ1) is 14.5. The lowest BCUT2D eigenvalue weighted by Crippen LogP contribution is -2.54. The monoisotopic (exact) mass is 439 g/mol. The van der Waals surface area contributed by atoms with E-state index in [0.717, 1.165) is 12.1 Å². The maximum Gasteiger partial charge on any atom is 0.416 e. The van der Waals surface area contributed by atoms with Crippen molar-refractivity contribution < 1.29 is 31.9 Å². The normalized spacial score (nSPS) is 13.2. The van der Waals surface area contributed by atoms with Gasteiger partial charge in [-0.15, -0.1) is 0 Å². The summed E-state index contributed by atoms with van der Waals surface area (Å²) in [4.78, 5) is 36.0. The lowest BCUT2D eigenvalue weighted by molar-refractivity contribution is -0.137. The number of rotatable bonds is 8. The van der Waals surface area contributed by atoms with E-state index in [1.165, 1.54) is 37.3 Å². The molecule has 0 aliphatic heterocycles. The number of nitrogens with one attached hydrogen (secondary N) is 2. The molecule has 2 aromatic rings. The summed E-state index contributed by atoms with van der Waals surface area (Å²) >= 11 is 0. The van der Waals surface area contributed by atoms with Crippen LogP contribution < -0.4 is 16.4 Å². The fraction of sp³-hybridized carbons (Fsp3) is 0.286. The molecule has 3 amide bonds. The SMILES string of the molecule is CC(=O)N[C@@H](Cc1cccc(F)c1)C(=O)N[C@H](Cc1cccc(C(F)(F)F)c1)C(N)=O. The summed E-state index contributed by atoms with van der Waals surface area (Å²) in [6, 6.07) is 7.23. The van der Waals surface area contributed by atoms with Crippen LogP contribution in [0, 0.1) is 5.82 Å². The molecule has 0 saturated heterocycles. The predicted octanol–water partition coefficient (Wildman–Crippen LogP) is 2.10. The Balaban J connectivity index is 2.18. The second-order valence-corrected chi connectivity index (χ2v) is 6.95. The maximum absolute atomic E-state index is 13.4. The van der Waals surface area contributed by atoms with Crippen LogP contribution in [0.4, 0.5) is 17.6 Å². The molecule has 2 rings (SSSR count). The minimum atomic E-state index is -4.57. The summed E-state index contributed by atoms with van der Waals surface area (Å²) in [6.07, 6.45) is -4.92. The molecule has 0 aromatic heterocycles. The molecule has 31 heavy (non-hydrogen) atoms. The third kappa shape index (κ3) is 7.40. The van der Waals surface area contributed by atoms with Gasteiger partial charge in [0, 0.05) is 19.8 Å². The largest absolute Gasteiger partial charge is 0.416 e. The Morgan fingerprint density at radius 3 is 2.06 bits per heavy atom. The first kappa shape index (κ1) is 23.8. The Bertz CT molecular complexity index is 963. The number of nitrogens with two attached hydrogens (primary N) is 1. The molecule has 0 bridgehead atoms. The third-order valence-corrected chi connectivity index (χ3v) is 4.38. The highest BCUT2D eigenvalue weighted by atomic mass is 19.4.